The Morgan fingerprint density at radius 2 is 1.94 bits per heavy atom. The maximum absolute atomic E-state index is 12.3. The van der Waals surface area contributed by atoms with Crippen molar-refractivity contribution in [1.29, 1.82) is 0 Å². The van der Waals surface area contributed by atoms with E-state index in [9.17, 15) is 9.59 Å². The predicted molar refractivity (Wildman–Crippen MR) is 67.8 cm³/mol. The predicted octanol–water partition coefficient (Wildman–Crippen LogP) is 1.21. The SMILES string of the molecule is CC1CNC(=O)c2ccc3c(c2CC3C)C(=O)N1. The number of nitrogens with one attached hydrogen (secondary N) is 2. The monoisotopic (exact) mass is 244 g/mol. The fourth-order valence-corrected chi connectivity index (χ4v) is 2.87. The van der Waals surface area contributed by atoms with Crippen LogP contribution in [0.4, 0.5) is 0 Å². The summed E-state index contributed by atoms with van der Waals surface area (Å²) in [4.78, 5) is 24.4. The summed E-state index contributed by atoms with van der Waals surface area (Å²) in [5.74, 6) is 0.197. The largest absolute Gasteiger partial charge is 0.350 e. The van der Waals surface area contributed by atoms with Crippen molar-refractivity contribution < 1.29 is 9.59 Å². The van der Waals surface area contributed by atoms with Crippen molar-refractivity contribution in [2.24, 2.45) is 0 Å². The second-order valence-corrected chi connectivity index (χ2v) is 5.25. The Morgan fingerprint density at radius 3 is 2.72 bits per heavy atom. The molecule has 1 aromatic carbocycles. The van der Waals surface area contributed by atoms with Crippen molar-refractivity contribution in [1.82, 2.24) is 10.6 Å². The summed E-state index contributed by atoms with van der Waals surface area (Å²) in [6.45, 7) is 4.45. The number of carbonyl (C=O) groups excluding carboxylic acids is 2. The molecule has 94 valence electrons. The lowest BCUT2D eigenvalue weighted by Crippen LogP contribution is -2.40. The molecule has 1 aromatic rings. The summed E-state index contributed by atoms with van der Waals surface area (Å²) >= 11 is 0. The second kappa shape index (κ2) is 3.83. The van der Waals surface area contributed by atoms with Gasteiger partial charge >= 0.3 is 0 Å². The van der Waals surface area contributed by atoms with Gasteiger partial charge in [0.1, 0.15) is 0 Å². The van der Waals surface area contributed by atoms with E-state index in [1.807, 2.05) is 19.1 Å². The van der Waals surface area contributed by atoms with Gasteiger partial charge in [0, 0.05) is 23.7 Å². The number of amides is 2. The molecule has 2 atom stereocenters. The van der Waals surface area contributed by atoms with Crippen LogP contribution in [0.25, 0.3) is 0 Å². The molecule has 4 bridgehead atoms. The van der Waals surface area contributed by atoms with Crippen molar-refractivity contribution in [3.8, 4) is 0 Å². The van der Waals surface area contributed by atoms with E-state index in [0.29, 0.717) is 18.0 Å². The molecule has 0 radical (unpaired) electrons. The van der Waals surface area contributed by atoms with Crippen molar-refractivity contribution in [2.45, 2.75) is 32.2 Å². The van der Waals surface area contributed by atoms with Gasteiger partial charge in [-0.3, -0.25) is 9.59 Å². The molecular formula is C14H16N2O2. The number of benzene rings is 1. The Balaban J connectivity index is 2.20. The lowest BCUT2D eigenvalue weighted by Gasteiger charge is -2.13. The summed E-state index contributed by atoms with van der Waals surface area (Å²) < 4.78 is 0. The number of hydrogen-bond donors (Lipinski definition) is 2. The third-order valence-electron chi connectivity index (χ3n) is 3.80. The molecule has 1 aliphatic heterocycles. The van der Waals surface area contributed by atoms with E-state index in [0.717, 1.165) is 23.1 Å². The van der Waals surface area contributed by atoms with Crippen LogP contribution < -0.4 is 10.6 Å². The van der Waals surface area contributed by atoms with E-state index in [4.69, 9.17) is 0 Å². The molecule has 2 aliphatic rings. The molecule has 2 amide bonds. The first-order valence-corrected chi connectivity index (χ1v) is 6.32. The van der Waals surface area contributed by atoms with Crippen LogP contribution in [0.1, 0.15) is 51.6 Å². The molecule has 1 aliphatic carbocycles. The van der Waals surface area contributed by atoms with Gasteiger partial charge in [-0.05, 0) is 36.5 Å². The molecule has 4 nitrogen and oxygen atoms in total. The van der Waals surface area contributed by atoms with Gasteiger partial charge in [-0.1, -0.05) is 13.0 Å². The van der Waals surface area contributed by atoms with Crippen molar-refractivity contribution in [3.05, 3.63) is 34.4 Å². The summed E-state index contributed by atoms with van der Waals surface area (Å²) in [5.41, 5.74) is 3.35. The third-order valence-corrected chi connectivity index (χ3v) is 3.80. The van der Waals surface area contributed by atoms with Crippen LogP contribution in [0.2, 0.25) is 0 Å². The van der Waals surface area contributed by atoms with Crippen molar-refractivity contribution in [3.63, 3.8) is 0 Å². The minimum absolute atomic E-state index is 0.0461. The first kappa shape index (κ1) is 11.3. The third kappa shape index (κ3) is 1.52. The molecule has 0 saturated carbocycles. The first-order valence-electron chi connectivity index (χ1n) is 6.32. The molecule has 0 spiro atoms. The molecule has 0 fully saturated rings. The van der Waals surface area contributed by atoms with E-state index in [2.05, 4.69) is 17.6 Å². The minimum Gasteiger partial charge on any atom is -0.350 e. The fourth-order valence-electron chi connectivity index (χ4n) is 2.87. The maximum atomic E-state index is 12.3. The molecule has 1 heterocycles. The van der Waals surface area contributed by atoms with Gasteiger partial charge in [0.15, 0.2) is 0 Å². The fraction of sp³-hybridized carbons (Fsp3) is 0.429. The zero-order valence-corrected chi connectivity index (χ0v) is 10.5. The normalized spacial score (nSPS) is 25.9. The van der Waals surface area contributed by atoms with Crippen LogP contribution in [0.15, 0.2) is 12.1 Å². The molecule has 2 N–H and O–H groups in total. The lowest BCUT2D eigenvalue weighted by molar-refractivity contribution is 0.0919. The number of hydrogen-bond acceptors (Lipinski definition) is 2. The summed E-state index contributed by atoms with van der Waals surface area (Å²) in [5, 5.41) is 5.80. The van der Waals surface area contributed by atoms with Crippen LogP contribution >= 0.6 is 0 Å². The Bertz CT molecular complexity index is 551. The van der Waals surface area contributed by atoms with Crippen molar-refractivity contribution in [2.75, 3.05) is 6.54 Å². The van der Waals surface area contributed by atoms with Crippen LogP contribution in [-0.2, 0) is 6.42 Å². The van der Waals surface area contributed by atoms with Crippen LogP contribution in [0.5, 0.6) is 0 Å². The lowest BCUT2D eigenvalue weighted by atomic mass is 10.0. The highest BCUT2D eigenvalue weighted by Crippen LogP contribution is 2.37. The molecule has 0 saturated heterocycles. The number of carbonyl (C=O) groups is 2. The highest BCUT2D eigenvalue weighted by Gasteiger charge is 2.32. The summed E-state index contributed by atoms with van der Waals surface area (Å²) in [7, 11) is 0. The topological polar surface area (TPSA) is 58.2 Å². The Labute approximate surface area is 106 Å². The van der Waals surface area contributed by atoms with E-state index >= 15 is 0 Å². The Hall–Kier alpha value is -1.84. The maximum Gasteiger partial charge on any atom is 0.252 e. The van der Waals surface area contributed by atoms with Crippen LogP contribution in [-0.4, -0.2) is 24.4 Å². The molecule has 4 heteroatoms. The van der Waals surface area contributed by atoms with E-state index in [1.54, 1.807) is 0 Å². The first-order chi connectivity index (χ1) is 8.58. The zero-order chi connectivity index (χ0) is 12.9. The van der Waals surface area contributed by atoms with Gasteiger partial charge < -0.3 is 10.6 Å². The van der Waals surface area contributed by atoms with Crippen LogP contribution in [0, 0.1) is 0 Å². The minimum atomic E-state index is -0.0738. The van der Waals surface area contributed by atoms with Gasteiger partial charge in [-0.15, -0.1) is 0 Å². The Kier molecular flexibility index (Phi) is 2.40. The average molecular weight is 244 g/mol. The van der Waals surface area contributed by atoms with Gasteiger partial charge in [-0.25, -0.2) is 0 Å². The standard InChI is InChI=1S/C14H16N2O2/c1-7-5-11-10-4-3-9(7)12(11)14(18)16-8(2)6-15-13(10)17/h3-4,7-8H,5-6H2,1-2H3,(H,15,17)(H,16,18). The quantitative estimate of drug-likeness (QED) is 0.720. The van der Waals surface area contributed by atoms with E-state index in [1.165, 1.54) is 0 Å². The van der Waals surface area contributed by atoms with Gasteiger partial charge in [0.05, 0.1) is 0 Å². The summed E-state index contributed by atoms with van der Waals surface area (Å²) in [6.07, 6.45) is 0.780. The molecule has 0 aromatic heterocycles. The smallest absolute Gasteiger partial charge is 0.252 e. The van der Waals surface area contributed by atoms with Gasteiger partial charge in [0.25, 0.3) is 11.8 Å². The Morgan fingerprint density at radius 1 is 1.17 bits per heavy atom. The second-order valence-electron chi connectivity index (χ2n) is 5.25. The van der Waals surface area contributed by atoms with Crippen LogP contribution in [0.3, 0.4) is 0 Å². The highest BCUT2D eigenvalue weighted by atomic mass is 16.2. The zero-order valence-electron chi connectivity index (χ0n) is 10.5. The summed E-state index contributed by atoms with van der Waals surface area (Å²) in [6, 6.07) is 3.71. The van der Waals surface area contributed by atoms with Gasteiger partial charge in [-0.2, -0.15) is 0 Å². The van der Waals surface area contributed by atoms with Crippen molar-refractivity contribution >= 4 is 11.8 Å². The number of rotatable bonds is 0. The molecule has 3 rings (SSSR count). The van der Waals surface area contributed by atoms with E-state index < -0.39 is 0 Å². The molecular weight excluding hydrogens is 228 g/mol. The molecule has 18 heavy (non-hydrogen) atoms. The van der Waals surface area contributed by atoms with E-state index in [-0.39, 0.29) is 17.9 Å². The molecule has 2 unspecified atom stereocenters. The average Bonchev–Trinajstić information content (AvgIpc) is 2.56. The van der Waals surface area contributed by atoms with Gasteiger partial charge in [0.2, 0.25) is 0 Å². The highest BCUT2D eigenvalue weighted by molar-refractivity contribution is 6.04.